The molecule has 0 aliphatic carbocycles. The Kier molecular flexibility index (Phi) is 4.10. The Morgan fingerprint density at radius 2 is 2.22 bits per heavy atom. The van der Waals surface area contributed by atoms with Gasteiger partial charge in [0.25, 0.3) is 0 Å². The van der Waals surface area contributed by atoms with Gasteiger partial charge in [0.15, 0.2) is 0 Å². The van der Waals surface area contributed by atoms with Crippen molar-refractivity contribution in [3.63, 3.8) is 0 Å². The van der Waals surface area contributed by atoms with E-state index in [2.05, 4.69) is 50.2 Å². The molecule has 6 heteroatoms. The average Bonchev–Trinajstić information content (AvgIpc) is 3.17. The van der Waals surface area contributed by atoms with Crippen LogP contribution in [-0.4, -0.2) is 26.3 Å². The lowest BCUT2D eigenvalue weighted by Gasteiger charge is -2.24. The number of para-hydroxylation sites is 1. The molecule has 3 aromatic rings. The van der Waals surface area contributed by atoms with Crippen molar-refractivity contribution >= 4 is 21.6 Å². The zero-order chi connectivity index (χ0) is 15.6. The molecule has 1 aliphatic heterocycles. The Balaban J connectivity index is 1.35. The molecule has 0 saturated carbocycles. The first-order chi connectivity index (χ1) is 11.3. The van der Waals surface area contributed by atoms with Crippen LogP contribution in [0.15, 0.2) is 24.3 Å². The summed E-state index contributed by atoms with van der Waals surface area (Å²) >= 11 is 1.78. The van der Waals surface area contributed by atoms with Crippen LogP contribution in [-0.2, 0) is 25.9 Å². The fraction of sp³-hybridized carbons (Fsp3) is 0.471. The van der Waals surface area contributed by atoms with E-state index in [-0.39, 0.29) is 0 Å². The summed E-state index contributed by atoms with van der Waals surface area (Å²) in [5.74, 6) is 2.93. The van der Waals surface area contributed by atoms with E-state index < -0.39 is 0 Å². The molecule has 0 spiro atoms. The van der Waals surface area contributed by atoms with Crippen LogP contribution in [0.25, 0.3) is 10.2 Å². The predicted molar refractivity (Wildman–Crippen MR) is 92.5 cm³/mol. The third-order valence-corrected chi connectivity index (χ3v) is 5.52. The average molecular weight is 327 g/mol. The van der Waals surface area contributed by atoms with E-state index >= 15 is 0 Å². The molecule has 120 valence electrons. The predicted octanol–water partition coefficient (Wildman–Crippen LogP) is 2.80. The highest BCUT2D eigenvalue weighted by atomic mass is 32.1. The second kappa shape index (κ2) is 6.37. The third kappa shape index (κ3) is 3.01. The lowest BCUT2D eigenvalue weighted by Crippen LogP contribution is -2.30. The topological polar surface area (TPSA) is 55.6 Å². The second-order valence-corrected chi connectivity index (χ2v) is 7.22. The van der Waals surface area contributed by atoms with Gasteiger partial charge >= 0.3 is 0 Å². The van der Waals surface area contributed by atoms with Crippen molar-refractivity contribution in [3.05, 3.63) is 40.9 Å². The Hall–Kier alpha value is -1.79. The quantitative estimate of drug-likeness (QED) is 0.783. The first-order valence-corrected chi connectivity index (χ1v) is 9.11. The number of hydrogen-bond acceptors (Lipinski definition) is 5. The lowest BCUT2D eigenvalue weighted by molar-refractivity contribution is 0.342. The highest BCUT2D eigenvalue weighted by Crippen LogP contribution is 2.22. The van der Waals surface area contributed by atoms with Crippen LogP contribution in [0.1, 0.15) is 30.0 Å². The number of thiazole rings is 1. The van der Waals surface area contributed by atoms with E-state index in [0.717, 1.165) is 49.6 Å². The number of fused-ring (bicyclic) bond motifs is 2. The molecule has 5 nitrogen and oxygen atoms in total. The van der Waals surface area contributed by atoms with E-state index in [1.807, 2.05) is 6.07 Å². The van der Waals surface area contributed by atoms with E-state index in [4.69, 9.17) is 0 Å². The molecule has 0 bridgehead atoms. The molecular formula is C17H21N5S. The van der Waals surface area contributed by atoms with Crippen LogP contribution < -0.4 is 5.32 Å². The molecule has 3 heterocycles. The molecule has 1 aromatic carbocycles. The Labute approximate surface area is 139 Å². The zero-order valence-corrected chi connectivity index (χ0v) is 14.1. The van der Waals surface area contributed by atoms with Gasteiger partial charge in [0, 0.05) is 32.5 Å². The van der Waals surface area contributed by atoms with Gasteiger partial charge in [-0.2, -0.15) is 0 Å². The molecule has 1 aliphatic rings. The summed E-state index contributed by atoms with van der Waals surface area (Å²) in [6.45, 7) is 5.06. The van der Waals surface area contributed by atoms with Gasteiger partial charge in [-0.1, -0.05) is 19.1 Å². The van der Waals surface area contributed by atoms with Crippen LogP contribution in [0.2, 0.25) is 0 Å². The fourth-order valence-electron chi connectivity index (χ4n) is 3.26. The molecule has 0 amide bonds. The highest BCUT2D eigenvalue weighted by molar-refractivity contribution is 7.18. The number of rotatable bonds is 5. The standard InChI is InChI=1S/C17H21N5S/c1-2-15-20-21-16-8-7-12(11-22(15)16)9-18-10-17-19-13-5-3-4-6-14(13)23-17/h3-6,12,18H,2,7-11H2,1H3. The fourth-order valence-corrected chi connectivity index (χ4v) is 4.19. The summed E-state index contributed by atoms with van der Waals surface area (Å²) < 4.78 is 3.58. The van der Waals surface area contributed by atoms with Gasteiger partial charge in [-0.25, -0.2) is 4.98 Å². The largest absolute Gasteiger partial charge is 0.315 e. The van der Waals surface area contributed by atoms with E-state index in [9.17, 15) is 0 Å². The Morgan fingerprint density at radius 3 is 3.09 bits per heavy atom. The number of aryl methyl sites for hydroxylation is 2. The van der Waals surface area contributed by atoms with Gasteiger partial charge in [-0.15, -0.1) is 21.5 Å². The van der Waals surface area contributed by atoms with Crippen molar-refractivity contribution in [3.8, 4) is 0 Å². The molecule has 2 aromatic heterocycles. The minimum absolute atomic E-state index is 0.651. The van der Waals surface area contributed by atoms with Gasteiger partial charge in [0.1, 0.15) is 16.7 Å². The normalized spacial score (nSPS) is 17.5. The van der Waals surface area contributed by atoms with Crippen molar-refractivity contribution in [2.24, 2.45) is 5.92 Å². The van der Waals surface area contributed by atoms with Gasteiger partial charge in [-0.3, -0.25) is 0 Å². The van der Waals surface area contributed by atoms with Crippen LogP contribution >= 0.6 is 11.3 Å². The molecule has 0 saturated heterocycles. The third-order valence-electron chi connectivity index (χ3n) is 4.48. The second-order valence-electron chi connectivity index (χ2n) is 6.11. The maximum absolute atomic E-state index is 4.68. The lowest BCUT2D eigenvalue weighted by atomic mass is 9.99. The molecular weight excluding hydrogens is 306 g/mol. The number of nitrogens with zero attached hydrogens (tertiary/aromatic N) is 4. The van der Waals surface area contributed by atoms with E-state index in [1.165, 1.54) is 16.1 Å². The van der Waals surface area contributed by atoms with Crippen molar-refractivity contribution in [2.75, 3.05) is 6.54 Å². The van der Waals surface area contributed by atoms with Crippen LogP contribution in [0.4, 0.5) is 0 Å². The molecule has 0 radical (unpaired) electrons. The molecule has 1 N–H and O–H groups in total. The molecule has 4 rings (SSSR count). The number of benzene rings is 1. The van der Waals surface area contributed by atoms with Crippen molar-refractivity contribution in [2.45, 2.75) is 39.3 Å². The van der Waals surface area contributed by atoms with Crippen LogP contribution in [0.5, 0.6) is 0 Å². The summed E-state index contributed by atoms with van der Waals surface area (Å²) in [4.78, 5) is 4.68. The SMILES string of the molecule is CCc1nnc2n1CC(CNCc1nc3ccccc3s1)CC2. The minimum Gasteiger partial charge on any atom is -0.315 e. The summed E-state index contributed by atoms with van der Waals surface area (Å²) in [7, 11) is 0. The van der Waals surface area contributed by atoms with Crippen molar-refractivity contribution in [1.82, 2.24) is 25.1 Å². The summed E-state index contributed by atoms with van der Waals surface area (Å²) in [6.07, 6.45) is 3.19. The van der Waals surface area contributed by atoms with Gasteiger partial charge in [-0.05, 0) is 24.5 Å². The monoisotopic (exact) mass is 327 g/mol. The summed E-state index contributed by atoms with van der Waals surface area (Å²) in [6, 6.07) is 8.33. The van der Waals surface area contributed by atoms with E-state index in [0.29, 0.717) is 5.92 Å². The first kappa shape index (κ1) is 14.8. The van der Waals surface area contributed by atoms with Crippen LogP contribution in [0, 0.1) is 5.92 Å². The van der Waals surface area contributed by atoms with Gasteiger partial charge in [0.2, 0.25) is 0 Å². The smallest absolute Gasteiger partial charge is 0.133 e. The zero-order valence-electron chi connectivity index (χ0n) is 13.3. The number of nitrogens with one attached hydrogen (secondary N) is 1. The maximum atomic E-state index is 4.68. The molecule has 1 atom stereocenters. The highest BCUT2D eigenvalue weighted by Gasteiger charge is 2.21. The first-order valence-electron chi connectivity index (χ1n) is 8.29. The van der Waals surface area contributed by atoms with Crippen molar-refractivity contribution < 1.29 is 0 Å². The Morgan fingerprint density at radius 1 is 1.30 bits per heavy atom. The number of hydrogen-bond donors (Lipinski definition) is 1. The van der Waals surface area contributed by atoms with Gasteiger partial charge in [0.05, 0.1) is 10.2 Å². The van der Waals surface area contributed by atoms with E-state index in [1.54, 1.807) is 11.3 Å². The number of aromatic nitrogens is 4. The maximum Gasteiger partial charge on any atom is 0.133 e. The molecule has 1 unspecified atom stereocenters. The van der Waals surface area contributed by atoms with Crippen LogP contribution in [0.3, 0.4) is 0 Å². The van der Waals surface area contributed by atoms with Crippen molar-refractivity contribution in [1.29, 1.82) is 0 Å². The van der Waals surface area contributed by atoms with Gasteiger partial charge < -0.3 is 9.88 Å². The minimum atomic E-state index is 0.651. The molecule has 23 heavy (non-hydrogen) atoms. The molecule has 0 fully saturated rings. The Bertz CT molecular complexity index is 760. The summed E-state index contributed by atoms with van der Waals surface area (Å²) in [5, 5.41) is 13.3. The summed E-state index contributed by atoms with van der Waals surface area (Å²) in [5.41, 5.74) is 1.11.